The van der Waals surface area contributed by atoms with E-state index in [1.54, 1.807) is 62.6 Å². The van der Waals surface area contributed by atoms with E-state index in [1.165, 1.54) is 23.0 Å². The van der Waals surface area contributed by atoms with Crippen molar-refractivity contribution in [3.05, 3.63) is 113 Å². The third-order valence-electron chi connectivity index (χ3n) is 6.10. The molecule has 2 aromatic heterocycles. The highest BCUT2D eigenvalue weighted by molar-refractivity contribution is 7.07. The van der Waals surface area contributed by atoms with Crippen LogP contribution in [0.3, 0.4) is 0 Å². The highest BCUT2D eigenvalue weighted by atomic mass is 35.5. The van der Waals surface area contributed by atoms with Gasteiger partial charge in [0.25, 0.3) is 5.56 Å². The van der Waals surface area contributed by atoms with Crippen molar-refractivity contribution >= 4 is 46.6 Å². The van der Waals surface area contributed by atoms with Crippen LogP contribution in [0.25, 0.3) is 6.08 Å². The van der Waals surface area contributed by atoms with E-state index in [4.69, 9.17) is 41.8 Å². The lowest BCUT2D eigenvalue weighted by atomic mass is 9.96. The van der Waals surface area contributed by atoms with E-state index in [1.807, 2.05) is 12.1 Å². The Labute approximate surface area is 237 Å². The van der Waals surface area contributed by atoms with Crippen molar-refractivity contribution < 1.29 is 23.4 Å². The van der Waals surface area contributed by atoms with Gasteiger partial charge >= 0.3 is 5.97 Å². The smallest absolute Gasteiger partial charge is 0.338 e. The second-order valence-electron chi connectivity index (χ2n) is 8.49. The van der Waals surface area contributed by atoms with Gasteiger partial charge in [-0.3, -0.25) is 9.36 Å². The minimum Gasteiger partial charge on any atom is -0.497 e. The molecule has 0 unspecified atom stereocenters. The monoisotopic (exact) mass is 584 g/mol. The number of fused-ring (bicyclic) bond motifs is 1. The number of carbonyl (C=O) groups is 1. The minimum absolute atomic E-state index is 0.119. The van der Waals surface area contributed by atoms with E-state index in [0.29, 0.717) is 53.7 Å². The summed E-state index contributed by atoms with van der Waals surface area (Å²) in [5.74, 6) is 1.53. The van der Waals surface area contributed by atoms with Gasteiger partial charge in [-0.25, -0.2) is 9.79 Å². The Morgan fingerprint density at radius 2 is 1.90 bits per heavy atom. The zero-order valence-electron chi connectivity index (χ0n) is 21.1. The third kappa shape index (κ3) is 5.25. The number of ether oxygens (including phenoxy) is 3. The zero-order chi connectivity index (χ0) is 27.7. The number of esters is 1. The maximum Gasteiger partial charge on any atom is 0.338 e. The molecule has 1 aliphatic heterocycles. The van der Waals surface area contributed by atoms with E-state index in [2.05, 4.69) is 4.99 Å². The molecule has 8 nitrogen and oxygen atoms in total. The Balaban J connectivity index is 1.51. The van der Waals surface area contributed by atoms with Crippen LogP contribution in [0, 0.1) is 0 Å². The fourth-order valence-corrected chi connectivity index (χ4v) is 5.59. The van der Waals surface area contributed by atoms with Crippen LogP contribution >= 0.6 is 34.5 Å². The Bertz CT molecular complexity index is 1770. The molecule has 0 radical (unpaired) electrons. The average molecular weight is 585 g/mol. The molecule has 1 atom stereocenters. The van der Waals surface area contributed by atoms with Gasteiger partial charge in [0.2, 0.25) is 0 Å². The molecule has 0 saturated heterocycles. The van der Waals surface area contributed by atoms with Gasteiger partial charge in [-0.1, -0.05) is 52.7 Å². The van der Waals surface area contributed by atoms with Crippen LogP contribution in [0.2, 0.25) is 10.0 Å². The molecular formula is C28H22Cl2N2O6S. The van der Waals surface area contributed by atoms with Gasteiger partial charge in [0.05, 0.1) is 41.1 Å². The van der Waals surface area contributed by atoms with Crippen molar-refractivity contribution in [3.8, 4) is 11.5 Å². The number of hydrogen-bond donors (Lipinski definition) is 0. The molecule has 4 aromatic rings. The van der Waals surface area contributed by atoms with Gasteiger partial charge < -0.3 is 18.6 Å². The predicted molar refractivity (Wildman–Crippen MR) is 148 cm³/mol. The molecule has 3 heterocycles. The van der Waals surface area contributed by atoms with Crippen LogP contribution in [-0.4, -0.2) is 24.8 Å². The van der Waals surface area contributed by atoms with Gasteiger partial charge in [0.15, 0.2) is 4.80 Å². The van der Waals surface area contributed by atoms with Crippen molar-refractivity contribution in [2.45, 2.75) is 19.6 Å². The van der Waals surface area contributed by atoms with Crippen LogP contribution in [0.15, 0.2) is 80.1 Å². The quantitative estimate of drug-likeness (QED) is 0.287. The molecule has 1 aliphatic rings. The number of aromatic nitrogens is 1. The number of allylic oxidation sites excluding steroid dienone is 1. The Morgan fingerprint density at radius 3 is 2.62 bits per heavy atom. The summed E-state index contributed by atoms with van der Waals surface area (Å²) >= 11 is 13.4. The van der Waals surface area contributed by atoms with Crippen molar-refractivity contribution in [2.24, 2.45) is 4.99 Å². The molecule has 39 heavy (non-hydrogen) atoms. The normalized spacial score (nSPS) is 15.1. The second-order valence-corrected chi connectivity index (χ2v) is 10.3. The van der Waals surface area contributed by atoms with Crippen molar-refractivity contribution in [1.29, 1.82) is 0 Å². The molecule has 0 amide bonds. The molecule has 0 fully saturated rings. The first-order chi connectivity index (χ1) is 18.8. The van der Waals surface area contributed by atoms with Crippen LogP contribution in [0.5, 0.6) is 11.5 Å². The number of rotatable bonds is 7. The number of nitrogens with zero attached hydrogens (tertiary/aromatic N) is 2. The molecule has 0 bridgehead atoms. The van der Waals surface area contributed by atoms with Crippen molar-refractivity contribution in [2.75, 3.05) is 14.2 Å². The highest BCUT2D eigenvalue weighted by Crippen LogP contribution is 2.33. The highest BCUT2D eigenvalue weighted by Gasteiger charge is 2.33. The van der Waals surface area contributed by atoms with Gasteiger partial charge in [-0.05, 0) is 48.9 Å². The molecule has 0 N–H and O–H groups in total. The first kappa shape index (κ1) is 26.8. The van der Waals surface area contributed by atoms with Crippen molar-refractivity contribution in [3.63, 3.8) is 0 Å². The minimum atomic E-state index is -0.718. The zero-order valence-corrected chi connectivity index (χ0v) is 23.4. The summed E-state index contributed by atoms with van der Waals surface area (Å²) < 4.78 is 23.8. The average Bonchev–Trinajstić information content (AvgIpc) is 3.51. The van der Waals surface area contributed by atoms with E-state index in [9.17, 15) is 9.59 Å². The molecule has 0 spiro atoms. The Hall–Kier alpha value is -3.79. The Kier molecular flexibility index (Phi) is 7.65. The largest absolute Gasteiger partial charge is 0.497 e. The summed E-state index contributed by atoms with van der Waals surface area (Å²) in [7, 11) is 2.87. The van der Waals surface area contributed by atoms with Gasteiger partial charge in [-0.15, -0.1) is 0 Å². The lowest BCUT2D eigenvalue weighted by Gasteiger charge is -2.24. The molecule has 200 valence electrons. The lowest BCUT2D eigenvalue weighted by molar-refractivity contribution is -0.136. The van der Waals surface area contributed by atoms with E-state index >= 15 is 0 Å². The first-order valence-electron chi connectivity index (χ1n) is 11.7. The fourth-order valence-electron chi connectivity index (χ4n) is 4.22. The summed E-state index contributed by atoms with van der Waals surface area (Å²) in [6.45, 7) is 1.85. The maximum absolute atomic E-state index is 13.7. The summed E-state index contributed by atoms with van der Waals surface area (Å²) in [6.07, 6.45) is 1.64. The first-order valence-corrected chi connectivity index (χ1v) is 13.3. The second kappa shape index (κ2) is 11.1. The summed E-state index contributed by atoms with van der Waals surface area (Å²) in [6, 6.07) is 15.1. The van der Waals surface area contributed by atoms with Crippen LogP contribution in [0.4, 0.5) is 0 Å². The lowest BCUT2D eigenvalue weighted by Crippen LogP contribution is -2.39. The molecule has 2 aromatic carbocycles. The van der Waals surface area contributed by atoms with Gasteiger partial charge in [0, 0.05) is 6.08 Å². The number of halogens is 2. The van der Waals surface area contributed by atoms with E-state index in [-0.39, 0.29) is 12.2 Å². The number of thiazole rings is 1. The standard InChI is InChI=1S/C28H22Cl2N2O6S/c1-15-23(27(34)36-3)25(16-7-9-17(35-2)10-8-16)32-26(33)22(39-28(32)31-15)13-18-11-12-19(38-18)14-37-21-6-4-5-20(29)24(21)30/h4-13,25H,14H2,1-3H3/b22-13+/t25-/m1/s1. The topological polar surface area (TPSA) is 92.3 Å². The number of hydrogen-bond acceptors (Lipinski definition) is 8. The molecular weight excluding hydrogens is 563 g/mol. The summed E-state index contributed by atoms with van der Waals surface area (Å²) in [4.78, 5) is 31.5. The van der Waals surface area contributed by atoms with Crippen LogP contribution in [0.1, 0.15) is 30.0 Å². The Morgan fingerprint density at radius 1 is 1.13 bits per heavy atom. The van der Waals surface area contributed by atoms with Crippen molar-refractivity contribution in [1.82, 2.24) is 4.57 Å². The molecule has 0 aliphatic carbocycles. The molecule has 11 heteroatoms. The summed E-state index contributed by atoms with van der Waals surface area (Å²) in [5, 5.41) is 0.711. The number of methoxy groups -OCH3 is 2. The SMILES string of the molecule is COC(=O)C1=C(C)N=c2s/c(=C/c3ccc(COc4cccc(Cl)c4Cl)o3)c(=O)n2[C@@H]1c1ccc(OC)cc1. The van der Waals surface area contributed by atoms with Crippen LogP contribution in [-0.2, 0) is 16.1 Å². The predicted octanol–water partition coefficient (Wildman–Crippen LogP) is 4.90. The van der Waals surface area contributed by atoms with E-state index in [0.717, 1.165) is 5.56 Å². The molecule has 0 saturated carbocycles. The fraction of sp³-hybridized carbons (Fsp3) is 0.179. The summed E-state index contributed by atoms with van der Waals surface area (Å²) in [5.41, 5.74) is 1.18. The van der Waals surface area contributed by atoms with Gasteiger partial charge in [0.1, 0.15) is 34.6 Å². The number of benzene rings is 2. The molecule has 5 rings (SSSR count). The van der Waals surface area contributed by atoms with E-state index < -0.39 is 12.0 Å². The van der Waals surface area contributed by atoms with Crippen LogP contribution < -0.4 is 24.4 Å². The maximum atomic E-state index is 13.7. The van der Waals surface area contributed by atoms with Gasteiger partial charge in [-0.2, -0.15) is 0 Å². The number of furan rings is 1. The number of carbonyl (C=O) groups excluding carboxylic acids is 1. The third-order valence-corrected chi connectivity index (χ3v) is 7.88.